The Morgan fingerprint density at radius 2 is 1.79 bits per heavy atom. The van der Waals surface area contributed by atoms with Crippen molar-refractivity contribution < 1.29 is 14.3 Å². The van der Waals surface area contributed by atoms with E-state index in [-0.39, 0.29) is 18.3 Å². The van der Waals surface area contributed by atoms with E-state index < -0.39 is 0 Å². The highest BCUT2D eigenvalue weighted by atomic mass is 35.5. The number of nitrogens with one attached hydrogen (secondary N) is 2. The molecule has 3 aromatic rings. The Morgan fingerprint density at radius 1 is 1.03 bits per heavy atom. The first-order chi connectivity index (χ1) is 17.9. The highest BCUT2D eigenvalue weighted by molar-refractivity contribution is 6.42. The zero-order valence-corrected chi connectivity index (χ0v) is 23.8. The van der Waals surface area contributed by atoms with Crippen LogP contribution >= 0.6 is 35.6 Å². The van der Waals surface area contributed by atoms with Crippen molar-refractivity contribution in [3.8, 4) is 22.6 Å². The SMILES string of the molecule is COc1ccc(-c2cnc(CCC(=O)NCCC3CC(Cc4ccc(Cl)c(Cl)c4)CN3)nc2)cc1OC.Cl. The van der Waals surface area contributed by atoms with E-state index >= 15 is 0 Å². The van der Waals surface area contributed by atoms with Crippen molar-refractivity contribution in [2.24, 2.45) is 5.92 Å². The van der Waals surface area contributed by atoms with Gasteiger partial charge < -0.3 is 20.1 Å². The molecule has 2 aromatic carbocycles. The Bertz CT molecular complexity index is 1210. The second-order valence-electron chi connectivity index (χ2n) is 9.26. The first-order valence-corrected chi connectivity index (χ1v) is 13.2. The van der Waals surface area contributed by atoms with Crippen LogP contribution < -0.4 is 20.1 Å². The number of rotatable bonds is 11. The molecule has 204 valence electrons. The molecule has 0 spiro atoms. The Hall–Kier alpha value is -2.58. The molecule has 7 nitrogen and oxygen atoms in total. The zero-order valence-electron chi connectivity index (χ0n) is 21.5. The summed E-state index contributed by atoms with van der Waals surface area (Å²) in [5.41, 5.74) is 3.01. The maximum atomic E-state index is 12.3. The lowest BCUT2D eigenvalue weighted by atomic mass is 9.96. The largest absolute Gasteiger partial charge is 0.493 e. The van der Waals surface area contributed by atoms with E-state index in [9.17, 15) is 4.79 Å². The monoisotopic (exact) mass is 578 g/mol. The summed E-state index contributed by atoms with van der Waals surface area (Å²) in [6, 6.07) is 11.9. The topological polar surface area (TPSA) is 85.4 Å². The number of hydrogen-bond acceptors (Lipinski definition) is 6. The van der Waals surface area contributed by atoms with E-state index in [1.807, 2.05) is 36.4 Å². The minimum absolute atomic E-state index is 0. The number of carbonyl (C=O) groups is 1. The highest BCUT2D eigenvalue weighted by Crippen LogP contribution is 2.32. The number of aromatic nitrogens is 2. The van der Waals surface area contributed by atoms with Crippen LogP contribution in [0.2, 0.25) is 10.0 Å². The van der Waals surface area contributed by atoms with Crippen molar-refractivity contribution >= 4 is 41.5 Å². The molecule has 1 amide bonds. The fourth-order valence-corrected chi connectivity index (χ4v) is 4.95. The van der Waals surface area contributed by atoms with Gasteiger partial charge in [-0.15, -0.1) is 12.4 Å². The van der Waals surface area contributed by atoms with Crippen LogP contribution in [0.3, 0.4) is 0 Å². The number of methoxy groups -OCH3 is 2. The first kappa shape index (κ1) is 30.0. The van der Waals surface area contributed by atoms with Crippen molar-refractivity contribution in [1.29, 1.82) is 0 Å². The predicted molar refractivity (Wildman–Crippen MR) is 154 cm³/mol. The molecule has 2 N–H and O–H groups in total. The second-order valence-corrected chi connectivity index (χ2v) is 10.1. The third-order valence-electron chi connectivity index (χ3n) is 6.63. The molecule has 0 radical (unpaired) electrons. The first-order valence-electron chi connectivity index (χ1n) is 12.4. The smallest absolute Gasteiger partial charge is 0.220 e. The van der Waals surface area contributed by atoms with Crippen molar-refractivity contribution in [3.05, 3.63) is 70.2 Å². The Kier molecular flexibility index (Phi) is 11.5. The number of halogens is 3. The molecule has 0 bridgehead atoms. The van der Waals surface area contributed by atoms with Crippen LogP contribution in [0.1, 0.15) is 30.7 Å². The van der Waals surface area contributed by atoms with Crippen LogP contribution in [0, 0.1) is 5.92 Å². The van der Waals surface area contributed by atoms with Crippen molar-refractivity contribution in [1.82, 2.24) is 20.6 Å². The normalized spacial score (nSPS) is 16.5. The predicted octanol–water partition coefficient (Wildman–Crippen LogP) is 5.55. The fourth-order valence-electron chi connectivity index (χ4n) is 4.63. The minimum atomic E-state index is 0. The average Bonchev–Trinajstić information content (AvgIpc) is 3.36. The van der Waals surface area contributed by atoms with Gasteiger partial charge >= 0.3 is 0 Å². The second kappa shape index (κ2) is 14.5. The molecule has 1 aliphatic rings. The molecule has 38 heavy (non-hydrogen) atoms. The number of amides is 1. The maximum Gasteiger partial charge on any atom is 0.220 e. The van der Waals surface area contributed by atoms with E-state index in [0.717, 1.165) is 36.9 Å². The van der Waals surface area contributed by atoms with E-state index in [1.54, 1.807) is 26.6 Å². The van der Waals surface area contributed by atoms with Gasteiger partial charge in [0, 0.05) is 43.4 Å². The highest BCUT2D eigenvalue weighted by Gasteiger charge is 2.24. The van der Waals surface area contributed by atoms with Crippen LogP contribution in [-0.2, 0) is 17.6 Å². The summed E-state index contributed by atoms with van der Waals surface area (Å²) in [5, 5.41) is 7.78. The number of nitrogens with zero attached hydrogens (tertiary/aromatic N) is 2. The van der Waals surface area contributed by atoms with Crippen molar-refractivity contribution in [2.75, 3.05) is 27.3 Å². The van der Waals surface area contributed by atoms with Gasteiger partial charge in [0.2, 0.25) is 5.91 Å². The molecule has 1 aromatic heterocycles. The van der Waals surface area contributed by atoms with Gasteiger partial charge in [0.15, 0.2) is 11.5 Å². The number of carbonyl (C=O) groups excluding carboxylic acids is 1. The summed E-state index contributed by atoms with van der Waals surface area (Å²) >= 11 is 12.2. The molecule has 2 unspecified atom stereocenters. The molecule has 1 aliphatic heterocycles. The summed E-state index contributed by atoms with van der Waals surface area (Å²) in [6.07, 6.45) is 7.33. The van der Waals surface area contributed by atoms with Crippen LogP contribution in [0.15, 0.2) is 48.8 Å². The number of aryl methyl sites for hydroxylation is 1. The van der Waals surface area contributed by atoms with E-state index in [4.69, 9.17) is 32.7 Å². The molecule has 0 aliphatic carbocycles. The number of hydrogen-bond donors (Lipinski definition) is 2. The minimum Gasteiger partial charge on any atom is -0.493 e. The Labute approximate surface area is 240 Å². The lowest BCUT2D eigenvalue weighted by Gasteiger charge is -2.12. The summed E-state index contributed by atoms with van der Waals surface area (Å²) in [7, 11) is 3.21. The van der Waals surface area contributed by atoms with Gasteiger partial charge in [0.1, 0.15) is 5.82 Å². The summed E-state index contributed by atoms with van der Waals surface area (Å²) < 4.78 is 10.7. The van der Waals surface area contributed by atoms with Gasteiger partial charge in [-0.1, -0.05) is 35.3 Å². The summed E-state index contributed by atoms with van der Waals surface area (Å²) in [6.45, 7) is 1.62. The van der Waals surface area contributed by atoms with Crippen LogP contribution in [0.5, 0.6) is 11.5 Å². The summed E-state index contributed by atoms with van der Waals surface area (Å²) in [4.78, 5) is 21.2. The molecule has 10 heteroatoms. The van der Waals surface area contributed by atoms with Gasteiger partial charge in [0.05, 0.1) is 24.3 Å². The van der Waals surface area contributed by atoms with Crippen LogP contribution in [0.25, 0.3) is 11.1 Å². The van der Waals surface area contributed by atoms with Crippen molar-refractivity contribution in [2.45, 2.75) is 38.1 Å². The molecular weight excluding hydrogens is 547 g/mol. The standard InChI is InChI=1S/C28H32Cl2N4O3.ClH/c1-36-25-6-4-20(14-26(25)37-2)21-16-33-27(34-17-21)7-8-28(35)31-10-9-22-12-19(15-32-22)11-18-3-5-23(29)24(30)13-18;/h3-6,13-14,16-17,19,22,32H,7-12,15H2,1-2H3,(H,31,35);1H. The molecular formula is C28H33Cl3N4O3. The lowest BCUT2D eigenvalue weighted by Crippen LogP contribution is -2.30. The molecule has 0 saturated carbocycles. The van der Waals surface area contributed by atoms with Crippen LogP contribution in [-0.4, -0.2) is 49.2 Å². The molecule has 4 rings (SSSR count). The van der Waals surface area contributed by atoms with Gasteiger partial charge in [0.25, 0.3) is 0 Å². The third kappa shape index (κ3) is 8.21. The molecule has 1 fully saturated rings. The Morgan fingerprint density at radius 3 is 2.50 bits per heavy atom. The lowest BCUT2D eigenvalue weighted by molar-refractivity contribution is -0.121. The van der Waals surface area contributed by atoms with E-state index in [1.165, 1.54) is 5.56 Å². The maximum absolute atomic E-state index is 12.3. The van der Waals surface area contributed by atoms with Gasteiger partial charge in [-0.3, -0.25) is 4.79 Å². The number of benzene rings is 2. The number of ether oxygens (including phenoxy) is 2. The summed E-state index contributed by atoms with van der Waals surface area (Å²) in [5.74, 6) is 2.52. The van der Waals surface area contributed by atoms with E-state index in [0.29, 0.717) is 58.7 Å². The third-order valence-corrected chi connectivity index (χ3v) is 7.37. The molecule has 2 atom stereocenters. The van der Waals surface area contributed by atoms with E-state index in [2.05, 4.69) is 20.6 Å². The van der Waals surface area contributed by atoms with Gasteiger partial charge in [-0.05, 0) is 67.1 Å². The van der Waals surface area contributed by atoms with Crippen LogP contribution in [0.4, 0.5) is 0 Å². The average molecular weight is 580 g/mol. The molecule has 1 saturated heterocycles. The zero-order chi connectivity index (χ0) is 26.2. The fraction of sp³-hybridized carbons (Fsp3) is 0.393. The van der Waals surface area contributed by atoms with Crippen molar-refractivity contribution in [3.63, 3.8) is 0 Å². The van der Waals surface area contributed by atoms with Gasteiger partial charge in [-0.25, -0.2) is 9.97 Å². The quantitative estimate of drug-likeness (QED) is 0.310. The Balaban J connectivity index is 0.00000400. The van der Waals surface area contributed by atoms with Gasteiger partial charge in [-0.2, -0.15) is 0 Å². The molecule has 2 heterocycles.